The van der Waals surface area contributed by atoms with Gasteiger partial charge in [-0.2, -0.15) is 5.10 Å². The van der Waals surface area contributed by atoms with E-state index in [-0.39, 0.29) is 11.6 Å². The maximum Gasteiger partial charge on any atom is 0.266 e. The van der Waals surface area contributed by atoms with Gasteiger partial charge in [-0.1, -0.05) is 6.92 Å². The van der Waals surface area contributed by atoms with Crippen molar-refractivity contribution in [1.29, 1.82) is 0 Å². The fourth-order valence-electron chi connectivity index (χ4n) is 1.03. The number of nitrogens with zero attached hydrogens (tertiary/aromatic N) is 2. The third-order valence-electron chi connectivity index (χ3n) is 1.93. The van der Waals surface area contributed by atoms with Crippen molar-refractivity contribution in [2.75, 3.05) is 0 Å². The van der Waals surface area contributed by atoms with Crippen molar-refractivity contribution in [3.63, 3.8) is 0 Å². The summed E-state index contributed by atoms with van der Waals surface area (Å²) in [7, 11) is 0. The summed E-state index contributed by atoms with van der Waals surface area (Å²) in [5.74, 6) is 0. The first kappa shape index (κ1) is 9.92. The molecule has 2 N–H and O–H groups in total. The number of rotatable bonds is 3. The van der Waals surface area contributed by atoms with Gasteiger partial charge >= 0.3 is 0 Å². The molecule has 1 rings (SSSR count). The SMILES string of the molecule is CCC(N)Cn1nc(C)ccc1=O. The number of nitrogens with two attached hydrogens (primary N) is 1. The summed E-state index contributed by atoms with van der Waals surface area (Å²) in [5.41, 5.74) is 6.47. The van der Waals surface area contributed by atoms with E-state index in [4.69, 9.17) is 5.73 Å². The molecule has 13 heavy (non-hydrogen) atoms. The van der Waals surface area contributed by atoms with Crippen LogP contribution in [0.1, 0.15) is 19.0 Å². The molecule has 4 heteroatoms. The minimum absolute atomic E-state index is 0.00648. The van der Waals surface area contributed by atoms with Crippen LogP contribution >= 0.6 is 0 Å². The molecule has 1 atom stereocenters. The molecule has 0 aliphatic heterocycles. The van der Waals surface area contributed by atoms with E-state index in [9.17, 15) is 4.79 Å². The summed E-state index contributed by atoms with van der Waals surface area (Å²) < 4.78 is 1.42. The van der Waals surface area contributed by atoms with Crippen LogP contribution in [-0.4, -0.2) is 15.8 Å². The van der Waals surface area contributed by atoms with Gasteiger partial charge in [0.15, 0.2) is 0 Å². The Morgan fingerprint density at radius 1 is 1.62 bits per heavy atom. The van der Waals surface area contributed by atoms with Crippen molar-refractivity contribution in [3.05, 3.63) is 28.2 Å². The molecule has 1 aromatic rings. The molecule has 1 unspecified atom stereocenters. The number of hydrogen-bond donors (Lipinski definition) is 1. The summed E-state index contributed by atoms with van der Waals surface area (Å²) in [5, 5.41) is 4.08. The lowest BCUT2D eigenvalue weighted by Gasteiger charge is -2.09. The van der Waals surface area contributed by atoms with Crippen molar-refractivity contribution in [3.8, 4) is 0 Å². The monoisotopic (exact) mass is 181 g/mol. The molecule has 0 spiro atoms. The molecule has 0 aromatic carbocycles. The fraction of sp³-hybridized carbons (Fsp3) is 0.556. The lowest BCUT2D eigenvalue weighted by atomic mass is 10.2. The second-order valence-electron chi connectivity index (χ2n) is 3.16. The van der Waals surface area contributed by atoms with E-state index < -0.39 is 0 Å². The van der Waals surface area contributed by atoms with Crippen LogP contribution in [0.25, 0.3) is 0 Å². The van der Waals surface area contributed by atoms with Crippen LogP contribution in [0.4, 0.5) is 0 Å². The van der Waals surface area contributed by atoms with Crippen LogP contribution in [0.15, 0.2) is 16.9 Å². The predicted octanol–water partition coefficient (Wildman–Crippen LogP) is 0.289. The first-order valence-electron chi connectivity index (χ1n) is 4.44. The second kappa shape index (κ2) is 4.18. The number of hydrogen-bond acceptors (Lipinski definition) is 3. The largest absolute Gasteiger partial charge is 0.326 e. The van der Waals surface area contributed by atoms with Crippen LogP contribution < -0.4 is 11.3 Å². The third-order valence-corrected chi connectivity index (χ3v) is 1.93. The van der Waals surface area contributed by atoms with Gasteiger partial charge in [0.05, 0.1) is 12.2 Å². The van der Waals surface area contributed by atoms with Crippen LogP contribution in [0, 0.1) is 6.92 Å². The Bertz CT molecular complexity index is 332. The van der Waals surface area contributed by atoms with Crippen molar-refractivity contribution in [2.24, 2.45) is 5.73 Å². The van der Waals surface area contributed by atoms with Crippen molar-refractivity contribution >= 4 is 0 Å². The van der Waals surface area contributed by atoms with Gasteiger partial charge in [-0.25, -0.2) is 4.68 Å². The van der Waals surface area contributed by atoms with E-state index in [0.29, 0.717) is 6.54 Å². The number of aryl methyl sites for hydroxylation is 1. The van der Waals surface area contributed by atoms with Gasteiger partial charge < -0.3 is 5.73 Å². The molecule has 0 radical (unpaired) electrons. The first-order valence-corrected chi connectivity index (χ1v) is 4.44. The summed E-state index contributed by atoms with van der Waals surface area (Å²) in [6.07, 6.45) is 0.849. The Kier molecular flexibility index (Phi) is 3.19. The predicted molar refractivity (Wildman–Crippen MR) is 51.5 cm³/mol. The summed E-state index contributed by atoms with van der Waals surface area (Å²) >= 11 is 0. The number of aromatic nitrogens is 2. The van der Waals surface area contributed by atoms with Gasteiger partial charge in [0, 0.05) is 12.1 Å². The standard InChI is InChI=1S/C9H15N3O/c1-3-8(10)6-12-9(13)5-4-7(2)11-12/h4-5,8H,3,6,10H2,1-2H3. The van der Waals surface area contributed by atoms with Crippen molar-refractivity contribution in [1.82, 2.24) is 9.78 Å². The average molecular weight is 181 g/mol. The highest BCUT2D eigenvalue weighted by Crippen LogP contribution is 1.91. The maximum atomic E-state index is 11.3. The van der Waals surface area contributed by atoms with Crippen molar-refractivity contribution in [2.45, 2.75) is 32.9 Å². The lowest BCUT2D eigenvalue weighted by molar-refractivity contribution is 0.477. The Balaban J connectivity index is 2.87. The van der Waals surface area contributed by atoms with E-state index in [1.54, 1.807) is 6.07 Å². The zero-order valence-electron chi connectivity index (χ0n) is 8.03. The Labute approximate surface area is 77.4 Å². The Hall–Kier alpha value is -1.16. The maximum absolute atomic E-state index is 11.3. The molecule has 0 saturated heterocycles. The second-order valence-corrected chi connectivity index (χ2v) is 3.16. The molecule has 4 nitrogen and oxygen atoms in total. The highest BCUT2D eigenvalue weighted by atomic mass is 16.1. The molecular weight excluding hydrogens is 166 g/mol. The van der Waals surface area contributed by atoms with E-state index in [1.165, 1.54) is 10.7 Å². The smallest absolute Gasteiger partial charge is 0.266 e. The zero-order valence-corrected chi connectivity index (χ0v) is 8.03. The van der Waals surface area contributed by atoms with Crippen LogP contribution in [0.3, 0.4) is 0 Å². The van der Waals surface area contributed by atoms with E-state index in [2.05, 4.69) is 5.10 Å². The zero-order chi connectivity index (χ0) is 9.84. The Morgan fingerprint density at radius 2 is 2.31 bits per heavy atom. The first-order chi connectivity index (χ1) is 6.13. The van der Waals surface area contributed by atoms with Crippen LogP contribution in [-0.2, 0) is 6.54 Å². The molecule has 0 bridgehead atoms. The van der Waals surface area contributed by atoms with E-state index in [0.717, 1.165) is 12.1 Å². The molecule has 0 aliphatic carbocycles. The van der Waals surface area contributed by atoms with Gasteiger partial charge in [0.25, 0.3) is 5.56 Å². The lowest BCUT2D eigenvalue weighted by Crippen LogP contribution is -2.33. The third kappa shape index (κ3) is 2.66. The molecule has 0 amide bonds. The molecule has 72 valence electrons. The molecule has 0 saturated carbocycles. The highest BCUT2D eigenvalue weighted by Gasteiger charge is 2.03. The average Bonchev–Trinajstić information content (AvgIpc) is 2.11. The fourth-order valence-corrected chi connectivity index (χ4v) is 1.03. The highest BCUT2D eigenvalue weighted by molar-refractivity contribution is 4.97. The van der Waals surface area contributed by atoms with E-state index in [1.807, 2.05) is 13.8 Å². The topological polar surface area (TPSA) is 60.9 Å². The van der Waals surface area contributed by atoms with Crippen molar-refractivity contribution < 1.29 is 0 Å². The van der Waals surface area contributed by atoms with Gasteiger partial charge in [-0.05, 0) is 19.4 Å². The quantitative estimate of drug-likeness (QED) is 0.729. The van der Waals surface area contributed by atoms with Crippen LogP contribution in [0.5, 0.6) is 0 Å². The molecule has 1 heterocycles. The summed E-state index contributed by atoms with van der Waals surface area (Å²) in [6.45, 7) is 4.34. The Morgan fingerprint density at radius 3 is 2.92 bits per heavy atom. The van der Waals surface area contributed by atoms with Gasteiger partial charge in [-0.3, -0.25) is 4.79 Å². The minimum Gasteiger partial charge on any atom is -0.326 e. The normalized spacial score (nSPS) is 12.8. The van der Waals surface area contributed by atoms with Gasteiger partial charge in [0.2, 0.25) is 0 Å². The summed E-state index contributed by atoms with van der Waals surface area (Å²) in [6, 6.07) is 3.23. The minimum atomic E-state index is -0.0884. The molecular formula is C9H15N3O. The van der Waals surface area contributed by atoms with Crippen LogP contribution in [0.2, 0.25) is 0 Å². The molecule has 1 aromatic heterocycles. The van der Waals surface area contributed by atoms with Gasteiger partial charge in [0.1, 0.15) is 0 Å². The molecule has 0 aliphatic rings. The van der Waals surface area contributed by atoms with E-state index >= 15 is 0 Å². The summed E-state index contributed by atoms with van der Waals surface area (Å²) in [4.78, 5) is 11.3. The molecule has 0 fully saturated rings. The van der Waals surface area contributed by atoms with Gasteiger partial charge in [-0.15, -0.1) is 0 Å².